The fraction of sp³-hybridized carbons (Fsp3) is 0.208. The predicted molar refractivity (Wildman–Crippen MR) is 123 cm³/mol. The van der Waals surface area contributed by atoms with Crippen LogP contribution in [-0.2, 0) is 21.4 Å². The zero-order chi connectivity index (χ0) is 23.0. The number of anilines is 1. The molecule has 0 aliphatic heterocycles. The Morgan fingerprint density at radius 2 is 1.47 bits per heavy atom. The van der Waals surface area contributed by atoms with Crippen molar-refractivity contribution in [2.24, 2.45) is 0 Å². The highest BCUT2D eigenvalue weighted by molar-refractivity contribution is 7.89. The number of sulfonamides is 1. The summed E-state index contributed by atoms with van der Waals surface area (Å²) in [4.78, 5) is 12.3. The molecule has 32 heavy (non-hydrogen) atoms. The second kappa shape index (κ2) is 10.8. The normalized spacial score (nSPS) is 11.2. The summed E-state index contributed by atoms with van der Waals surface area (Å²) in [7, 11) is -2.11. The van der Waals surface area contributed by atoms with Gasteiger partial charge in [-0.1, -0.05) is 30.3 Å². The van der Waals surface area contributed by atoms with Gasteiger partial charge in [0.2, 0.25) is 10.0 Å². The molecule has 1 N–H and O–H groups in total. The van der Waals surface area contributed by atoms with E-state index in [2.05, 4.69) is 5.32 Å². The molecule has 0 radical (unpaired) electrons. The zero-order valence-electron chi connectivity index (χ0n) is 18.0. The molecule has 0 unspecified atom stereocenters. The van der Waals surface area contributed by atoms with Crippen LogP contribution in [0.25, 0.3) is 0 Å². The molecule has 0 spiro atoms. The summed E-state index contributed by atoms with van der Waals surface area (Å²) in [5.74, 6) is 0.802. The van der Waals surface area contributed by atoms with Crippen LogP contribution in [0.3, 0.4) is 0 Å². The molecule has 7 nitrogen and oxygen atoms in total. The van der Waals surface area contributed by atoms with Crippen molar-refractivity contribution < 1.29 is 22.7 Å². The lowest BCUT2D eigenvalue weighted by atomic mass is 10.2. The highest BCUT2D eigenvalue weighted by atomic mass is 32.2. The van der Waals surface area contributed by atoms with Crippen molar-refractivity contribution in [1.29, 1.82) is 0 Å². The molecule has 0 atom stereocenters. The summed E-state index contributed by atoms with van der Waals surface area (Å²) in [6.45, 7) is 2.54. The van der Waals surface area contributed by atoms with Crippen LogP contribution in [0, 0.1) is 0 Å². The van der Waals surface area contributed by atoms with Crippen LogP contribution >= 0.6 is 0 Å². The van der Waals surface area contributed by atoms with Crippen molar-refractivity contribution in [3.05, 3.63) is 84.4 Å². The Kier molecular flexibility index (Phi) is 7.86. The number of carbonyl (C=O) groups excluding carboxylic acids is 1. The van der Waals surface area contributed by atoms with Gasteiger partial charge in [-0.2, -0.15) is 4.31 Å². The molecule has 0 aliphatic rings. The lowest BCUT2D eigenvalue weighted by Crippen LogP contribution is -2.26. The smallest absolute Gasteiger partial charge is 0.262 e. The molecule has 3 rings (SSSR count). The van der Waals surface area contributed by atoms with Crippen molar-refractivity contribution in [2.45, 2.75) is 18.4 Å². The minimum Gasteiger partial charge on any atom is -0.494 e. The molecule has 0 aliphatic carbocycles. The third-order valence-electron chi connectivity index (χ3n) is 4.60. The summed E-state index contributed by atoms with van der Waals surface area (Å²) in [5, 5.41) is 2.73. The molecule has 0 heterocycles. The highest BCUT2D eigenvalue weighted by Gasteiger charge is 2.21. The fourth-order valence-corrected chi connectivity index (χ4v) is 4.12. The summed E-state index contributed by atoms with van der Waals surface area (Å²) < 4.78 is 37.7. The Labute approximate surface area is 188 Å². The standard InChI is InChI=1S/C24H26N2O5S/c1-3-30-21-11-9-20(10-12-21)25-24(27)18-31-22-13-15-23(16-14-22)32(28,29)26(2)17-19-7-5-4-6-8-19/h4-16H,3,17-18H2,1-2H3,(H,25,27). The summed E-state index contributed by atoms with van der Waals surface area (Å²) in [5.41, 5.74) is 1.53. The van der Waals surface area contributed by atoms with Crippen LogP contribution in [0.15, 0.2) is 83.8 Å². The van der Waals surface area contributed by atoms with Crippen LogP contribution in [-0.4, -0.2) is 38.9 Å². The van der Waals surface area contributed by atoms with Gasteiger partial charge in [0, 0.05) is 19.3 Å². The van der Waals surface area contributed by atoms with Gasteiger partial charge in [0.15, 0.2) is 6.61 Å². The SMILES string of the molecule is CCOc1ccc(NC(=O)COc2ccc(S(=O)(=O)N(C)Cc3ccccc3)cc2)cc1. The second-order valence-electron chi connectivity index (χ2n) is 7.01. The first kappa shape index (κ1) is 23.3. The van der Waals surface area contributed by atoms with Gasteiger partial charge in [-0.15, -0.1) is 0 Å². The van der Waals surface area contributed by atoms with Gasteiger partial charge in [0.1, 0.15) is 11.5 Å². The summed E-state index contributed by atoms with van der Waals surface area (Å²) in [6, 6.07) is 22.4. The molecule has 0 fully saturated rings. The van der Waals surface area contributed by atoms with Gasteiger partial charge in [0.25, 0.3) is 5.91 Å². The minimum absolute atomic E-state index is 0.155. The van der Waals surface area contributed by atoms with E-state index >= 15 is 0 Å². The lowest BCUT2D eigenvalue weighted by Gasteiger charge is -2.17. The first-order valence-corrected chi connectivity index (χ1v) is 11.6. The number of hydrogen-bond acceptors (Lipinski definition) is 5. The highest BCUT2D eigenvalue weighted by Crippen LogP contribution is 2.20. The van der Waals surface area contributed by atoms with Crippen LogP contribution in [0.2, 0.25) is 0 Å². The second-order valence-corrected chi connectivity index (χ2v) is 9.06. The largest absolute Gasteiger partial charge is 0.494 e. The number of benzene rings is 3. The van der Waals surface area contributed by atoms with E-state index in [1.165, 1.54) is 35.6 Å². The number of rotatable bonds is 10. The average molecular weight is 455 g/mol. The van der Waals surface area contributed by atoms with Crippen molar-refractivity contribution in [3.63, 3.8) is 0 Å². The lowest BCUT2D eigenvalue weighted by molar-refractivity contribution is -0.118. The van der Waals surface area contributed by atoms with Crippen molar-refractivity contribution >= 4 is 21.6 Å². The van der Waals surface area contributed by atoms with Crippen LogP contribution < -0.4 is 14.8 Å². The van der Waals surface area contributed by atoms with Gasteiger partial charge in [0.05, 0.1) is 11.5 Å². The van der Waals surface area contributed by atoms with E-state index < -0.39 is 10.0 Å². The monoisotopic (exact) mass is 454 g/mol. The Morgan fingerprint density at radius 3 is 2.09 bits per heavy atom. The van der Waals surface area contributed by atoms with E-state index in [-0.39, 0.29) is 24.0 Å². The van der Waals surface area contributed by atoms with E-state index in [1.807, 2.05) is 37.3 Å². The van der Waals surface area contributed by atoms with Crippen LogP contribution in [0.5, 0.6) is 11.5 Å². The van der Waals surface area contributed by atoms with Gasteiger partial charge >= 0.3 is 0 Å². The third kappa shape index (κ3) is 6.32. The molecular weight excluding hydrogens is 428 g/mol. The molecule has 0 saturated heterocycles. The Bertz CT molecular complexity index is 1120. The van der Waals surface area contributed by atoms with Gasteiger partial charge in [-0.3, -0.25) is 4.79 Å². The maximum absolute atomic E-state index is 12.8. The molecule has 0 bridgehead atoms. The number of nitrogens with zero attached hydrogens (tertiary/aromatic N) is 1. The minimum atomic E-state index is -3.65. The molecular formula is C24H26N2O5S. The first-order valence-electron chi connectivity index (χ1n) is 10.1. The third-order valence-corrected chi connectivity index (χ3v) is 6.42. The quantitative estimate of drug-likeness (QED) is 0.502. The average Bonchev–Trinajstić information content (AvgIpc) is 2.80. The summed E-state index contributed by atoms with van der Waals surface area (Å²) in [6.07, 6.45) is 0. The molecule has 1 amide bonds. The predicted octanol–water partition coefficient (Wildman–Crippen LogP) is 3.92. The molecule has 8 heteroatoms. The Balaban J connectivity index is 1.54. The Morgan fingerprint density at radius 1 is 0.875 bits per heavy atom. The fourth-order valence-electron chi connectivity index (χ4n) is 2.96. The van der Waals surface area contributed by atoms with E-state index in [9.17, 15) is 13.2 Å². The topological polar surface area (TPSA) is 84.9 Å². The molecule has 0 saturated carbocycles. The first-order chi connectivity index (χ1) is 15.4. The molecule has 3 aromatic carbocycles. The van der Waals surface area contributed by atoms with Crippen LogP contribution in [0.4, 0.5) is 5.69 Å². The van der Waals surface area contributed by atoms with Gasteiger partial charge in [-0.25, -0.2) is 8.42 Å². The number of amides is 1. The number of nitrogens with one attached hydrogen (secondary N) is 1. The van der Waals surface area contributed by atoms with Crippen molar-refractivity contribution in [1.82, 2.24) is 4.31 Å². The van der Waals surface area contributed by atoms with Crippen molar-refractivity contribution in [3.8, 4) is 11.5 Å². The maximum atomic E-state index is 12.8. The van der Waals surface area contributed by atoms with Crippen LogP contribution in [0.1, 0.15) is 12.5 Å². The maximum Gasteiger partial charge on any atom is 0.262 e. The van der Waals surface area contributed by atoms with E-state index in [0.29, 0.717) is 18.0 Å². The van der Waals surface area contributed by atoms with E-state index in [4.69, 9.17) is 9.47 Å². The van der Waals surface area contributed by atoms with Gasteiger partial charge in [-0.05, 0) is 61.0 Å². The number of ether oxygens (including phenoxy) is 2. The van der Waals surface area contributed by atoms with E-state index in [1.54, 1.807) is 24.3 Å². The summed E-state index contributed by atoms with van der Waals surface area (Å²) >= 11 is 0. The Hall–Kier alpha value is -3.36. The molecule has 0 aromatic heterocycles. The van der Waals surface area contributed by atoms with E-state index in [0.717, 1.165) is 11.3 Å². The number of hydrogen-bond donors (Lipinski definition) is 1. The van der Waals surface area contributed by atoms with Crippen molar-refractivity contribution in [2.75, 3.05) is 25.6 Å². The van der Waals surface area contributed by atoms with Gasteiger partial charge < -0.3 is 14.8 Å². The zero-order valence-corrected chi connectivity index (χ0v) is 18.8. The molecule has 168 valence electrons. The number of carbonyl (C=O) groups is 1. The molecule has 3 aromatic rings.